The first-order valence-corrected chi connectivity index (χ1v) is 6.53. The lowest BCUT2D eigenvalue weighted by molar-refractivity contribution is 0.127. The molecule has 1 aromatic carbocycles. The molecule has 1 unspecified atom stereocenters. The number of aromatic nitrogens is 1. The lowest BCUT2D eigenvalue weighted by Gasteiger charge is -2.12. The number of aliphatic hydroxyl groups excluding tert-OH is 1. The molecule has 0 aliphatic heterocycles. The molecule has 0 saturated carbocycles. The number of rotatable bonds is 4. The number of hydrogen-bond donors (Lipinski definition) is 1. The van der Waals surface area contributed by atoms with Crippen molar-refractivity contribution in [2.75, 3.05) is 0 Å². The molecule has 20 heavy (non-hydrogen) atoms. The molecule has 1 heterocycles. The third-order valence-corrected chi connectivity index (χ3v) is 3.28. The maximum atomic E-state index is 13.8. The molecule has 1 atom stereocenters. The van der Waals surface area contributed by atoms with Crippen LogP contribution in [0.4, 0.5) is 4.39 Å². The van der Waals surface area contributed by atoms with Crippen molar-refractivity contribution in [2.45, 2.75) is 26.5 Å². The summed E-state index contributed by atoms with van der Waals surface area (Å²) in [7, 11) is 0. The standard InChI is InChI=1S/C16H17FN2O/c1-11(2)16(20)14-5-6-19(10-14)9-13-4-3-12(8-18)7-15(13)17/h3-7,10-11,16,20H,9H2,1-2H3. The Labute approximate surface area is 117 Å². The second-order valence-electron chi connectivity index (χ2n) is 5.22. The van der Waals surface area contributed by atoms with Gasteiger partial charge in [-0.15, -0.1) is 0 Å². The minimum Gasteiger partial charge on any atom is -0.388 e. The van der Waals surface area contributed by atoms with Gasteiger partial charge < -0.3 is 9.67 Å². The molecule has 0 radical (unpaired) electrons. The molecule has 0 amide bonds. The van der Waals surface area contributed by atoms with Gasteiger partial charge in [-0.2, -0.15) is 5.26 Å². The third kappa shape index (κ3) is 3.06. The summed E-state index contributed by atoms with van der Waals surface area (Å²) < 4.78 is 15.6. The molecule has 0 aliphatic rings. The highest BCUT2D eigenvalue weighted by atomic mass is 19.1. The Morgan fingerprint density at radius 1 is 1.35 bits per heavy atom. The van der Waals surface area contributed by atoms with Crippen LogP contribution in [-0.4, -0.2) is 9.67 Å². The van der Waals surface area contributed by atoms with E-state index in [1.54, 1.807) is 12.1 Å². The number of benzene rings is 1. The maximum absolute atomic E-state index is 13.8. The van der Waals surface area contributed by atoms with E-state index >= 15 is 0 Å². The predicted octanol–water partition coefficient (Wildman–Crippen LogP) is 3.24. The second kappa shape index (κ2) is 5.89. The SMILES string of the molecule is CC(C)C(O)c1ccn(Cc2ccc(C#N)cc2F)c1. The average molecular weight is 272 g/mol. The highest BCUT2D eigenvalue weighted by molar-refractivity contribution is 5.33. The van der Waals surface area contributed by atoms with E-state index in [1.165, 1.54) is 6.07 Å². The van der Waals surface area contributed by atoms with Crippen molar-refractivity contribution in [1.29, 1.82) is 5.26 Å². The molecular weight excluding hydrogens is 255 g/mol. The minimum atomic E-state index is -0.512. The fourth-order valence-electron chi connectivity index (χ4n) is 2.06. The molecule has 3 nitrogen and oxygen atoms in total. The van der Waals surface area contributed by atoms with E-state index in [9.17, 15) is 9.50 Å². The highest BCUT2D eigenvalue weighted by Gasteiger charge is 2.13. The van der Waals surface area contributed by atoms with Crippen molar-refractivity contribution in [3.63, 3.8) is 0 Å². The van der Waals surface area contributed by atoms with Crippen molar-refractivity contribution < 1.29 is 9.50 Å². The quantitative estimate of drug-likeness (QED) is 0.928. The van der Waals surface area contributed by atoms with E-state index in [-0.39, 0.29) is 11.7 Å². The van der Waals surface area contributed by atoms with E-state index in [4.69, 9.17) is 5.26 Å². The van der Waals surface area contributed by atoms with Gasteiger partial charge in [-0.1, -0.05) is 19.9 Å². The number of halogens is 1. The van der Waals surface area contributed by atoms with Crippen LogP contribution in [0, 0.1) is 23.1 Å². The highest BCUT2D eigenvalue weighted by Crippen LogP contribution is 2.22. The normalized spacial score (nSPS) is 12.4. The van der Waals surface area contributed by atoms with E-state index in [2.05, 4.69) is 0 Å². The molecule has 1 N–H and O–H groups in total. The van der Waals surface area contributed by atoms with Gasteiger partial charge in [-0.3, -0.25) is 0 Å². The van der Waals surface area contributed by atoms with Crippen LogP contribution >= 0.6 is 0 Å². The van der Waals surface area contributed by atoms with Crippen LogP contribution in [0.15, 0.2) is 36.7 Å². The zero-order valence-electron chi connectivity index (χ0n) is 11.5. The van der Waals surface area contributed by atoms with Gasteiger partial charge >= 0.3 is 0 Å². The first-order chi connectivity index (χ1) is 9.51. The molecule has 0 saturated heterocycles. The molecule has 2 aromatic rings. The van der Waals surface area contributed by atoms with Crippen LogP contribution in [0.5, 0.6) is 0 Å². The topological polar surface area (TPSA) is 49.0 Å². The number of aliphatic hydroxyl groups is 1. The zero-order valence-corrected chi connectivity index (χ0v) is 11.5. The Morgan fingerprint density at radius 2 is 2.10 bits per heavy atom. The van der Waals surface area contributed by atoms with Gasteiger partial charge in [0.15, 0.2) is 0 Å². The van der Waals surface area contributed by atoms with Crippen molar-refractivity contribution in [3.05, 3.63) is 59.2 Å². The van der Waals surface area contributed by atoms with Crippen LogP contribution in [0.2, 0.25) is 0 Å². The summed E-state index contributed by atoms with van der Waals surface area (Å²) in [6.45, 7) is 4.27. The number of nitriles is 1. The summed E-state index contributed by atoms with van der Waals surface area (Å²) in [6, 6.07) is 8.21. The second-order valence-corrected chi connectivity index (χ2v) is 5.22. The smallest absolute Gasteiger partial charge is 0.129 e. The molecule has 0 aliphatic carbocycles. The Morgan fingerprint density at radius 3 is 2.70 bits per heavy atom. The van der Waals surface area contributed by atoms with Gasteiger partial charge in [-0.05, 0) is 29.7 Å². The van der Waals surface area contributed by atoms with E-state index in [1.807, 2.05) is 42.9 Å². The van der Waals surface area contributed by atoms with E-state index in [0.29, 0.717) is 17.7 Å². The fraction of sp³-hybridized carbons (Fsp3) is 0.312. The van der Waals surface area contributed by atoms with Crippen LogP contribution < -0.4 is 0 Å². The third-order valence-electron chi connectivity index (χ3n) is 3.28. The van der Waals surface area contributed by atoms with Crippen molar-refractivity contribution in [1.82, 2.24) is 4.57 Å². The molecule has 0 bridgehead atoms. The first kappa shape index (κ1) is 14.3. The Balaban J connectivity index is 2.17. The molecule has 4 heteroatoms. The van der Waals surface area contributed by atoms with E-state index < -0.39 is 6.10 Å². The summed E-state index contributed by atoms with van der Waals surface area (Å²) in [4.78, 5) is 0. The van der Waals surface area contributed by atoms with Gasteiger partial charge in [0, 0.05) is 24.5 Å². The van der Waals surface area contributed by atoms with Gasteiger partial charge in [-0.25, -0.2) is 4.39 Å². The van der Waals surface area contributed by atoms with Crippen LogP contribution in [0.25, 0.3) is 0 Å². The van der Waals surface area contributed by atoms with Gasteiger partial charge in [0.1, 0.15) is 5.82 Å². The molecular formula is C16H17FN2O. The summed E-state index contributed by atoms with van der Waals surface area (Å²) in [6.07, 6.45) is 3.13. The lowest BCUT2D eigenvalue weighted by atomic mass is 10.0. The lowest BCUT2D eigenvalue weighted by Crippen LogP contribution is -2.05. The summed E-state index contributed by atoms with van der Waals surface area (Å²) in [5.41, 5.74) is 1.66. The molecule has 1 aromatic heterocycles. The summed E-state index contributed by atoms with van der Waals surface area (Å²) >= 11 is 0. The van der Waals surface area contributed by atoms with Gasteiger partial charge in [0.2, 0.25) is 0 Å². The Kier molecular flexibility index (Phi) is 4.21. The zero-order chi connectivity index (χ0) is 14.7. The molecule has 0 fully saturated rings. The summed E-state index contributed by atoms with van der Waals surface area (Å²) in [5.74, 6) is -0.249. The Hall–Kier alpha value is -2.12. The van der Waals surface area contributed by atoms with Crippen LogP contribution in [0.1, 0.15) is 36.6 Å². The summed E-state index contributed by atoms with van der Waals surface area (Å²) in [5, 5.41) is 18.7. The van der Waals surface area contributed by atoms with E-state index in [0.717, 1.165) is 5.56 Å². The monoisotopic (exact) mass is 272 g/mol. The Bertz CT molecular complexity index is 640. The van der Waals surface area contributed by atoms with Crippen molar-refractivity contribution >= 4 is 0 Å². The number of nitrogens with zero attached hydrogens (tertiary/aromatic N) is 2. The molecule has 104 valence electrons. The van der Waals surface area contributed by atoms with Crippen molar-refractivity contribution in [2.24, 2.45) is 5.92 Å². The predicted molar refractivity (Wildman–Crippen MR) is 74.4 cm³/mol. The van der Waals surface area contributed by atoms with Crippen molar-refractivity contribution in [3.8, 4) is 6.07 Å². The minimum absolute atomic E-state index is 0.137. The molecule has 2 rings (SSSR count). The fourth-order valence-corrected chi connectivity index (χ4v) is 2.06. The first-order valence-electron chi connectivity index (χ1n) is 6.53. The largest absolute Gasteiger partial charge is 0.388 e. The van der Waals surface area contributed by atoms with Crippen LogP contribution in [-0.2, 0) is 6.54 Å². The number of hydrogen-bond acceptors (Lipinski definition) is 2. The van der Waals surface area contributed by atoms with Gasteiger partial charge in [0.05, 0.1) is 17.7 Å². The molecule has 0 spiro atoms. The average Bonchev–Trinajstić information content (AvgIpc) is 2.88. The van der Waals surface area contributed by atoms with Crippen LogP contribution in [0.3, 0.4) is 0 Å². The maximum Gasteiger partial charge on any atom is 0.129 e. The van der Waals surface area contributed by atoms with Gasteiger partial charge in [0.25, 0.3) is 0 Å².